The van der Waals surface area contributed by atoms with E-state index in [-0.39, 0.29) is 0 Å². The fourth-order valence-corrected chi connectivity index (χ4v) is 3.03. The van der Waals surface area contributed by atoms with Crippen molar-refractivity contribution < 1.29 is 4.74 Å². The van der Waals surface area contributed by atoms with Crippen LogP contribution in [0.25, 0.3) is 0 Å². The molecule has 1 N–H and O–H groups in total. The van der Waals surface area contributed by atoms with Gasteiger partial charge in [-0.15, -0.1) is 0 Å². The maximum Gasteiger partial charge on any atom is 0.131 e. The molecule has 1 aliphatic heterocycles. The molecule has 2 rings (SSSR count). The van der Waals surface area contributed by atoms with Gasteiger partial charge in [0.25, 0.3) is 0 Å². The molecule has 0 unspecified atom stereocenters. The SMILES string of the molecule is CCNCc1c(C)nn(C)c1N(C)CC1CCOCC1. The van der Waals surface area contributed by atoms with Gasteiger partial charge in [0, 0.05) is 46.0 Å². The van der Waals surface area contributed by atoms with Gasteiger partial charge in [-0.05, 0) is 32.2 Å². The van der Waals surface area contributed by atoms with Crippen molar-refractivity contribution in [3.63, 3.8) is 0 Å². The van der Waals surface area contributed by atoms with Gasteiger partial charge in [0.05, 0.1) is 5.69 Å². The summed E-state index contributed by atoms with van der Waals surface area (Å²) in [7, 11) is 4.22. The second kappa shape index (κ2) is 7.09. The molecule has 1 aliphatic rings. The average Bonchev–Trinajstić information content (AvgIpc) is 2.71. The van der Waals surface area contributed by atoms with Crippen molar-refractivity contribution in [3.05, 3.63) is 11.3 Å². The zero-order valence-corrected chi connectivity index (χ0v) is 13.3. The quantitative estimate of drug-likeness (QED) is 0.861. The lowest BCUT2D eigenvalue weighted by atomic mass is 10.00. The highest BCUT2D eigenvalue weighted by molar-refractivity contribution is 5.49. The summed E-state index contributed by atoms with van der Waals surface area (Å²) in [6.45, 7) is 9.01. The molecule has 0 spiro atoms. The van der Waals surface area contributed by atoms with Crippen LogP contribution >= 0.6 is 0 Å². The van der Waals surface area contributed by atoms with E-state index >= 15 is 0 Å². The second-order valence-corrected chi connectivity index (χ2v) is 5.73. The summed E-state index contributed by atoms with van der Waals surface area (Å²) in [5.41, 5.74) is 2.45. The summed E-state index contributed by atoms with van der Waals surface area (Å²) >= 11 is 0. The summed E-state index contributed by atoms with van der Waals surface area (Å²) in [4.78, 5) is 2.36. The van der Waals surface area contributed by atoms with Crippen LogP contribution in [0.4, 0.5) is 5.82 Å². The molecule has 20 heavy (non-hydrogen) atoms. The van der Waals surface area contributed by atoms with Crippen LogP contribution in [0, 0.1) is 12.8 Å². The largest absolute Gasteiger partial charge is 0.381 e. The molecule has 114 valence electrons. The number of nitrogens with zero attached hydrogens (tertiary/aromatic N) is 3. The highest BCUT2D eigenvalue weighted by Gasteiger charge is 2.21. The van der Waals surface area contributed by atoms with E-state index in [1.807, 2.05) is 11.7 Å². The maximum atomic E-state index is 5.45. The topological polar surface area (TPSA) is 42.3 Å². The molecular weight excluding hydrogens is 252 g/mol. The Morgan fingerprint density at radius 2 is 2.10 bits per heavy atom. The molecule has 0 aliphatic carbocycles. The standard InChI is InChI=1S/C15H28N4O/c1-5-16-10-14-12(2)17-19(4)15(14)18(3)11-13-6-8-20-9-7-13/h13,16H,5-11H2,1-4H3. The van der Waals surface area contributed by atoms with Gasteiger partial charge in [0.15, 0.2) is 0 Å². The van der Waals surface area contributed by atoms with E-state index in [0.717, 1.165) is 44.5 Å². The van der Waals surface area contributed by atoms with Gasteiger partial charge in [0.1, 0.15) is 5.82 Å². The zero-order valence-electron chi connectivity index (χ0n) is 13.3. The van der Waals surface area contributed by atoms with Crippen molar-refractivity contribution in [3.8, 4) is 0 Å². The number of rotatable bonds is 6. The van der Waals surface area contributed by atoms with Gasteiger partial charge >= 0.3 is 0 Å². The van der Waals surface area contributed by atoms with Gasteiger partial charge in [0.2, 0.25) is 0 Å². The van der Waals surface area contributed by atoms with E-state index in [4.69, 9.17) is 4.74 Å². The van der Waals surface area contributed by atoms with E-state index in [1.54, 1.807) is 0 Å². The zero-order chi connectivity index (χ0) is 14.5. The van der Waals surface area contributed by atoms with Crippen LogP contribution in [0.3, 0.4) is 0 Å². The normalized spacial score (nSPS) is 16.6. The van der Waals surface area contributed by atoms with Crippen LogP contribution in [-0.4, -0.2) is 43.1 Å². The molecule has 1 aromatic rings. The van der Waals surface area contributed by atoms with Crippen LogP contribution in [0.2, 0.25) is 0 Å². The Morgan fingerprint density at radius 3 is 2.75 bits per heavy atom. The third-order valence-corrected chi connectivity index (χ3v) is 4.10. The molecule has 0 aromatic carbocycles. The molecule has 2 heterocycles. The molecule has 0 saturated carbocycles. The van der Waals surface area contributed by atoms with Crippen molar-refractivity contribution in [1.82, 2.24) is 15.1 Å². The molecule has 1 saturated heterocycles. The average molecular weight is 280 g/mol. The first kappa shape index (κ1) is 15.3. The first-order chi connectivity index (χ1) is 9.63. The molecule has 0 amide bonds. The highest BCUT2D eigenvalue weighted by Crippen LogP contribution is 2.25. The fourth-order valence-electron chi connectivity index (χ4n) is 3.03. The minimum Gasteiger partial charge on any atom is -0.381 e. The predicted octanol–water partition coefficient (Wildman–Crippen LogP) is 1.70. The van der Waals surface area contributed by atoms with Crippen molar-refractivity contribution in [2.24, 2.45) is 13.0 Å². The van der Waals surface area contributed by atoms with Crippen LogP contribution in [-0.2, 0) is 18.3 Å². The molecule has 0 radical (unpaired) electrons. The Balaban J connectivity index is 2.09. The highest BCUT2D eigenvalue weighted by atomic mass is 16.5. The van der Waals surface area contributed by atoms with E-state index in [9.17, 15) is 0 Å². The molecule has 1 aromatic heterocycles. The van der Waals surface area contributed by atoms with E-state index in [0.29, 0.717) is 0 Å². The summed E-state index contributed by atoms with van der Waals surface area (Å²) in [5, 5.41) is 8.01. The smallest absolute Gasteiger partial charge is 0.131 e. The lowest BCUT2D eigenvalue weighted by Gasteiger charge is -2.29. The number of nitrogens with one attached hydrogen (secondary N) is 1. The summed E-state index contributed by atoms with van der Waals surface area (Å²) < 4.78 is 7.46. The minimum absolute atomic E-state index is 0.732. The lowest BCUT2D eigenvalue weighted by molar-refractivity contribution is 0.0684. The third kappa shape index (κ3) is 3.52. The number of aromatic nitrogens is 2. The Bertz CT molecular complexity index is 424. The minimum atomic E-state index is 0.732. The summed E-state index contributed by atoms with van der Waals surface area (Å²) in [6.07, 6.45) is 2.34. The number of anilines is 1. The lowest BCUT2D eigenvalue weighted by Crippen LogP contribution is -2.31. The first-order valence-electron chi connectivity index (χ1n) is 7.65. The van der Waals surface area contributed by atoms with Crippen molar-refractivity contribution in [2.75, 3.05) is 38.3 Å². The van der Waals surface area contributed by atoms with Gasteiger partial charge in [-0.2, -0.15) is 5.10 Å². The van der Waals surface area contributed by atoms with E-state index < -0.39 is 0 Å². The summed E-state index contributed by atoms with van der Waals surface area (Å²) in [6, 6.07) is 0. The van der Waals surface area contributed by atoms with Gasteiger partial charge in [-0.1, -0.05) is 6.92 Å². The van der Waals surface area contributed by atoms with Crippen LogP contribution in [0.5, 0.6) is 0 Å². The Labute approximate surface area is 122 Å². The predicted molar refractivity (Wildman–Crippen MR) is 82.1 cm³/mol. The fraction of sp³-hybridized carbons (Fsp3) is 0.800. The van der Waals surface area contributed by atoms with Gasteiger partial charge in [-0.3, -0.25) is 4.68 Å². The summed E-state index contributed by atoms with van der Waals surface area (Å²) in [5.74, 6) is 1.98. The number of hydrogen-bond acceptors (Lipinski definition) is 4. The Morgan fingerprint density at radius 1 is 1.40 bits per heavy atom. The van der Waals surface area contributed by atoms with E-state index in [1.165, 1.54) is 24.2 Å². The van der Waals surface area contributed by atoms with E-state index in [2.05, 4.69) is 36.2 Å². The van der Waals surface area contributed by atoms with Gasteiger partial charge in [-0.25, -0.2) is 0 Å². The van der Waals surface area contributed by atoms with Crippen LogP contribution in [0.15, 0.2) is 0 Å². The molecule has 5 heteroatoms. The Kier molecular flexibility index (Phi) is 5.43. The number of ether oxygens (including phenoxy) is 1. The third-order valence-electron chi connectivity index (χ3n) is 4.10. The van der Waals surface area contributed by atoms with Crippen molar-refractivity contribution >= 4 is 5.82 Å². The monoisotopic (exact) mass is 280 g/mol. The second-order valence-electron chi connectivity index (χ2n) is 5.73. The van der Waals surface area contributed by atoms with Crippen LogP contribution in [0.1, 0.15) is 31.0 Å². The molecular formula is C15H28N4O. The Hall–Kier alpha value is -1.07. The van der Waals surface area contributed by atoms with Crippen molar-refractivity contribution in [2.45, 2.75) is 33.2 Å². The van der Waals surface area contributed by atoms with Crippen LogP contribution < -0.4 is 10.2 Å². The van der Waals surface area contributed by atoms with Crippen molar-refractivity contribution in [1.29, 1.82) is 0 Å². The number of hydrogen-bond donors (Lipinski definition) is 1. The molecule has 1 fully saturated rings. The first-order valence-corrected chi connectivity index (χ1v) is 7.65. The number of aryl methyl sites for hydroxylation is 2. The maximum absolute atomic E-state index is 5.45. The molecule has 0 atom stereocenters. The van der Waals surface area contributed by atoms with Gasteiger partial charge < -0.3 is 15.0 Å². The molecule has 0 bridgehead atoms. The molecule has 5 nitrogen and oxygen atoms in total.